The monoisotopic (exact) mass is 679 g/mol. The Morgan fingerprint density at radius 2 is 1.69 bits per heavy atom. The number of hydrazine groups is 1. The third kappa shape index (κ3) is 9.77. The highest BCUT2D eigenvalue weighted by Crippen LogP contribution is 2.36. The Morgan fingerprint density at radius 3 is 2.25 bits per heavy atom. The Morgan fingerprint density at radius 1 is 1.02 bits per heavy atom. The molecular formula is C36H49N5O6S. The standard InChI is InChI=1S/C36H49N5O6S/c1-34(2,3)29(38-32(43)45-9)30(42)39-40(22-25-13-11-10-12-14-25)23-28-27(41(36(7,8)46-28)33(44)47-35(4,5)6)21-24-15-17-26(18-16-24)31-37-19-20-48-31/h10-20,27-29H,21-23H2,1-9H3,(H,38,43)(H,39,42)/t27-,28-,29+/m0/s1. The zero-order chi connectivity index (χ0) is 35.3. The number of hydrogen-bond acceptors (Lipinski definition) is 9. The molecule has 3 aromatic rings. The van der Waals surface area contributed by atoms with E-state index in [1.165, 1.54) is 7.11 Å². The molecule has 2 N–H and O–H groups in total. The number of carbonyl (C=O) groups excluding carboxylic acids is 3. The zero-order valence-corrected chi connectivity index (χ0v) is 30.2. The summed E-state index contributed by atoms with van der Waals surface area (Å²) in [5.74, 6) is -0.403. The maximum atomic E-state index is 13.8. The molecule has 48 heavy (non-hydrogen) atoms. The van der Waals surface area contributed by atoms with Gasteiger partial charge in [0, 0.05) is 30.2 Å². The van der Waals surface area contributed by atoms with E-state index < -0.39 is 53.0 Å². The lowest BCUT2D eigenvalue weighted by Gasteiger charge is -2.35. The molecular weight excluding hydrogens is 630 g/mol. The van der Waals surface area contributed by atoms with E-state index in [2.05, 4.69) is 15.7 Å². The maximum absolute atomic E-state index is 13.8. The molecule has 0 radical (unpaired) electrons. The average molecular weight is 680 g/mol. The SMILES string of the molecule is COC(=O)N[C@H](C(=O)NN(Cc1ccccc1)C[C@@H]1OC(C)(C)N(C(=O)OC(C)(C)C)[C@H]1Cc1ccc(-c2nccs2)cc1)C(C)(C)C. The van der Waals surface area contributed by atoms with E-state index >= 15 is 0 Å². The Labute approximate surface area is 287 Å². The van der Waals surface area contributed by atoms with E-state index in [-0.39, 0.29) is 6.54 Å². The number of alkyl carbamates (subject to hydrolysis) is 1. The van der Waals surface area contributed by atoms with Gasteiger partial charge in [0.15, 0.2) is 0 Å². The fourth-order valence-electron chi connectivity index (χ4n) is 5.75. The number of rotatable bonds is 10. The Bertz CT molecular complexity index is 1520. The Kier molecular flexibility index (Phi) is 11.5. The predicted octanol–water partition coefficient (Wildman–Crippen LogP) is 6.40. The molecule has 3 atom stereocenters. The molecule has 1 aliphatic rings. The summed E-state index contributed by atoms with van der Waals surface area (Å²) in [4.78, 5) is 45.9. The van der Waals surface area contributed by atoms with Crippen LogP contribution in [-0.2, 0) is 32.0 Å². The summed E-state index contributed by atoms with van der Waals surface area (Å²) in [6.07, 6.45) is 0.553. The van der Waals surface area contributed by atoms with E-state index in [1.54, 1.807) is 27.4 Å². The summed E-state index contributed by atoms with van der Waals surface area (Å²) in [6, 6.07) is 16.6. The zero-order valence-electron chi connectivity index (χ0n) is 29.4. The highest BCUT2D eigenvalue weighted by Gasteiger charge is 2.51. The molecule has 0 saturated carbocycles. The van der Waals surface area contributed by atoms with Gasteiger partial charge in [-0.05, 0) is 57.6 Å². The summed E-state index contributed by atoms with van der Waals surface area (Å²) in [5, 5.41) is 7.34. The van der Waals surface area contributed by atoms with Crippen LogP contribution < -0.4 is 10.7 Å². The summed E-state index contributed by atoms with van der Waals surface area (Å²) < 4.78 is 17.4. The second-order valence-electron chi connectivity index (χ2n) is 14.5. The van der Waals surface area contributed by atoms with Crippen molar-refractivity contribution in [3.8, 4) is 10.6 Å². The van der Waals surface area contributed by atoms with Crippen molar-refractivity contribution in [2.45, 2.75) is 97.9 Å². The van der Waals surface area contributed by atoms with E-state index in [0.717, 1.165) is 21.7 Å². The van der Waals surface area contributed by atoms with Crippen molar-refractivity contribution in [2.75, 3.05) is 13.7 Å². The van der Waals surface area contributed by atoms with Crippen LogP contribution in [-0.4, -0.2) is 76.2 Å². The van der Waals surface area contributed by atoms with E-state index in [0.29, 0.717) is 13.0 Å². The van der Waals surface area contributed by atoms with Crippen LogP contribution in [0.4, 0.5) is 9.59 Å². The lowest BCUT2D eigenvalue weighted by atomic mass is 9.86. The van der Waals surface area contributed by atoms with Crippen molar-refractivity contribution < 1.29 is 28.6 Å². The average Bonchev–Trinajstić information content (AvgIpc) is 3.61. The minimum Gasteiger partial charge on any atom is -0.453 e. The topological polar surface area (TPSA) is 122 Å². The van der Waals surface area contributed by atoms with E-state index in [1.807, 2.05) is 115 Å². The summed E-state index contributed by atoms with van der Waals surface area (Å²) in [6.45, 7) is 15.4. The van der Waals surface area contributed by atoms with Crippen LogP contribution in [0.25, 0.3) is 10.6 Å². The highest BCUT2D eigenvalue weighted by molar-refractivity contribution is 7.13. The molecule has 0 unspecified atom stereocenters. The van der Waals surface area contributed by atoms with Gasteiger partial charge in [-0.1, -0.05) is 75.4 Å². The number of aromatic nitrogens is 1. The van der Waals surface area contributed by atoms with E-state index in [4.69, 9.17) is 14.2 Å². The first-order chi connectivity index (χ1) is 22.5. The molecule has 3 amide bonds. The molecule has 1 fully saturated rings. The molecule has 11 nitrogen and oxygen atoms in total. The van der Waals surface area contributed by atoms with Crippen LogP contribution in [0, 0.1) is 5.41 Å². The quantitative estimate of drug-likeness (QED) is 0.236. The largest absolute Gasteiger partial charge is 0.453 e. The molecule has 12 heteroatoms. The number of carbonyl (C=O) groups is 3. The van der Waals surface area contributed by atoms with Crippen molar-refractivity contribution >= 4 is 29.4 Å². The summed E-state index contributed by atoms with van der Waals surface area (Å²) >= 11 is 1.57. The van der Waals surface area contributed by atoms with Crippen LogP contribution in [0.1, 0.15) is 66.5 Å². The van der Waals surface area contributed by atoms with Gasteiger partial charge in [0.2, 0.25) is 0 Å². The lowest BCUT2D eigenvalue weighted by Crippen LogP contribution is -2.58. The molecule has 0 spiro atoms. The first kappa shape index (κ1) is 36.8. The fraction of sp³-hybridized carbons (Fsp3) is 0.500. The fourth-order valence-corrected chi connectivity index (χ4v) is 6.40. The number of nitrogens with one attached hydrogen (secondary N) is 2. The number of amides is 3. The number of thiazole rings is 1. The molecule has 2 aromatic carbocycles. The summed E-state index contributed by atoms with van der Waals surface area (Å²) in [7, 11) is 1.26. The van der Waals surface area contributed by atoms with Gasteiger partial charge in [-0.25, -0.2) is 19.6 Å². The third-order valence-corrected chi connectivity index (χ3v) is 8.73. The van der Waals surface area contributed by atoms with Gasteiger partial charge in [0.1, 0.15) is 22.4 Å². The van der Waals surface area contributed by atoms with Gasteiger partial charge in [-0.15, -0.1) is 11.3 Å². The van der Waals surface area contributed by atoms with Crippen molar-refractivity contribution in [3.05, 3.63) is 77.3 Å². The number of ether oxygens (including phenoxy) is 3. The van der Waals surface area contributed by atoms with Crippen molar-refractivity contribution in [3.63, 3.8) is 0 Å². The van der Waals surface area contributed by atoms with Gasteiger partial charge in [0.25, 0.3) is 5.91 Å². The molecule has 1 saturated heterocycles. The smallest absolute Gasteiger partial charge is 0.412 e. The molecule has 2 heterocycles. The van der Waals surface area contributed by atoms with Gasteiger partial charge < -0.3 is 19.5 Å². The number of benzene rings is 2. The minimum atomic E-state index is -1.01. The molecule has 0 aliphatic carbocycles. The van der Waals surface area contributed by atoms with Crippen LogP contribution in [0.15, 0.2) is 66.2 Å². The van der Waals surface area contributed by atoms with Gasteiger partial charge in [-0.2, -0.15) is 0 Å². The second kappa shape index (κ2) is 15.0. The maximum Gasteiger partial charge on any atom is 0.412 e. The third-order valence-electron chi connectivity index (χ3n) is 7.91. The number of hydrogen-bond donors (Lipinski definition) is 2. The molecule has 4 rings (SSSR count). The van der Waals surface area contributed by atoms with Crippen LogP contribution >= 0.6 is 11.3 Å². The highest BCUT2D eigenvalue weighted by atomic mass is 32.1. The van der Waals surface area contributed by atoms with Crippen molar-refractivity contribution in [1.82, 2.24) is 25.6 Å². The molecule has 260 valence electrons. The first-order valence-corrected chi connectivity index (χ1v) is 17.0. The Hall–Kier alpha value is -4.00. The van der Waals surface area contributed by atoms with Crippen LogP contribution in [0.2, 0.25) is 0 Å². The first-order valence-electron chi connectivity index (χ1n) is 16.1. The molecule has 1 aliphatic heterocycles. The number of methoxy groups -OCH3 is 1. The van der Waals surface area contributed by atoms with Gasteiger partial charge >= 0.3 is 12.2 Å². The minimum absolute atomic E-state index is 0.236. The molecule has 1 aromatic heterocycles. The van der Waals surface area contributed by atoms with Crippen LogP contribution in [0.3, 0.4) is 0 Å². The normalized spacial score (nSPS) is 18.3. The van der Waals surface area contributed by atoms with Crippen molar-refractivity contribution in [1.29, 1.82) is 0 Å². The van der Waals surface area contributed by atoms with E-state index in [9.17, 15) is 14.4 Å². The van der Waals surface area contributed by atoms with Crippen molar-refractivity contribution in [2.24, 2.45) is 5.41 Å². The predicted molar refractivity (Wildman–Crippen MR) is 186 cm³/mol. The lowest BCUT2D eigenvalue weighted by molar-refractivity contribution is -0.132. The Balaban J connectivity index is 1.67. The van der Waals surface area contributed by atoms with Gasteiger partial charge in [0.05, 0.1) is 19.3 Å². The molecule has 0 bridgehead atoms. The number of nitrogens with zero attached hydrogens (tertiary/aromatic N) is 3. The van der Waals surface area contributed by atoms with Crippen LogP contribution in [0.5, 0.6) is 0 Å². The van der Waals surface area contributed by atoms with Gasteiger partial charge in [-0.3, -0.25) is 15.1 Å². The summed E-state index contributed by atoms with van der Waals surface area (Å²) in [5.41, 5.74) is 3.68. The second-order valence-corrected chi connectivity index (χ2v) is 15.4.